The molecule has 0 saturated carbocycles. The van der Waals surface area contributed by atoms with E-state index < -0.39 is 0 Å². The van der Waals surface area contributed by atoms with Gasteiger partial charge in [0.1, 0.15) is 24.8 Å². The highest BCUT2D eigenvalue weighted by atomic mass is 16.5. The number of carbonyl (C=O) groups excluding carboxylic acids is 1. The summed E-state index contributed by atoms with van der Waals surface area (Å²) in [5.74, 6) is 2.38. The van der Waals surface area contributed by atoms with E-state index in [9.17, 15) is 4.79 Å². The number of methoxy groups -OCH3 is 2. The fourth-order valence-electron chi connectivity index (χ4n) is 2.95. The van der Waals surface area contributed by atoms with Crippen LogP contribution in [0.2, 0.25) is 0 Å². The first-order valence-corrected chi connectivity index (χ1v) is 8.63. The van der Waals surface area contributed by atoms with Crippen molar-refractivity contribution in [3.05, 3.63) is 43.2 Å². The molecule has 3 aromatic rings. The van der Waals surface area contributed by atoms with Crippen LogP contribution in [0.3, 0.4) is 0 Å². The number of nitrogens with zero attached hydrogens (tertiary/aromatic N) is 6. The van der Waals surface area contributed by atoms with Gasteiger partial charge in [-0.25, -0.2) is 19.6 Å². The molecule has 1 aliphatic heterocycles. The lowest BCUT2D eigenvalue weighted by molar-refractivity contribution is -0.120. The number of ether oxygens (including phenoxy) is 2. The van der Waals surface area contributed by atoms with Gasteiger partial charge in [0.15, 0.2) is 17.3 Å². The summed E-state index contributed by atoms with van der Waals surface area (Å²) < 4.78 is 12.0. The molecule has 1 N–H and O–H groups in total. The van der Waals surface area contributed by atoms with Gasteiger partial charge in [-0.2, -0.15) is 5.10 Å². The molecule has 144 valence electrons. The molecule has 28 heavy (non-hydrogen) atoms. The number of carbonyl (C=O) groups is 1. The second-order valence-electron chi connectivity index (χ2n) is 6.24. The zero-order valence-corrected chi connectivity index (χ0v) is 15.4. The summed E-state index contributed by atoms with van der Waals surface area (Å²) in [7, 11) is 3.13. The molecule has 1 saturated heterocycles. The fourth-order valence-corrected chi connectivity index (χ4v) is 2.95. The molecule has 0 spiro atoms. The van der Waals surface area contributed by atoms with Crippen LogP contribution in [0, 0.1) is 5.92 Å². The molecule has 0 aliphatic carbocycles. The van der Waals surface area contributed by atoms with Gasteiger partial charge in [-0.05, 0) is 12.1 Å². The van der Waals surface area contributed by atoms with Crippen LogP contribution < -0.4 is 19.7 Å². The van der Waals surface area contributed by atoms with Gasteiger partial charge in [0.05, 0.1) is 20.1 Å². The molecular weight excluding hydrogens is 362 g/mol. The number of amides is 1. The highest BCUT2D eigenvalue weighted by Crippen LogP contribution is 2.30. The highest BCUT2D eigenvalue weighted by Gasteiger charge is 2.33. The fraction of sp³-hybridized carbons (Fsp3) is 0.278. The molecule has 0 unspecified atom stereocenters. The lowest BCUT2D eigenvalue weighted by Gasteiger charge is -2.39. The predicted octanol–water partition coefficient (Wildman–Crippen LogP) is 1.15. The van der Waals surface area contributed by atoms with Crippen molar-refractivity contribution in [1.29, 1.82) is 0 Å². The molecule has 10 nitrogen and oxygen atoms in total. The molecule has 1 aromatic carbocycles. The summed E-state index contributed by atoms with van der Waals surface area (Å²) in [4.78, 5) is 26.9. The van der Waals surface area contributed by atoms with Gasteiger partial charge in [0, 0.05) is 30.9 Å². The molecule has 4 rings (SSSR count). The molecule has 0 radical (unpaired) electrons. The monoisotopic (exact) mass is 381 g/mol. The van der Waals surface area contributed by atoms with Gasteiger partial charge in [-0.1, -0.05) is 0 Å². The molecule has 3 heterocycles. The zero-order chi connectivity index (χ0) is 19.5. The maximum atomic E-state index is 12.5. The lowest BCUT2D eigenvalue weighted by Crippen LogP contribution is -2.52. The minimum Gasteiger partial charge on any atom is -0.493 e. The Kier molecular flexibility index (Phi) is 4.75. The van der Waals surface area contributed by atoms with E-state index in [1.807, 2.05) is 11.0 Å². The Morgan fingerprint density at radius 3 is 2.57 bits per heavy atom. The van der Waals surface area contributed by atoms with E-state index in [-0.39, 0.29) is 11.8 Å². The average Bonchev–Trinajstić information content (AvgIpc) is 3.22. The van der Waals surface area contributed by atoms with Crippen molar-refractivity contribution in [2.24, 2.45) is 5.92 Å². The minimum atomic E-state index is -0.127. The van der Waals surface area contributed by atoms with E-state index in [1.165, 1.54) is 12.7 Å². The Balaban J connectivity index is 1.38. The Morgan fingerprint density at radius 2 is 1.86 bits per heavy atom. The van der Waals surface area contributed by atoms with Crippen molar-refractivity contribution in [1.82, 2.24) is 24.7 Å². The Bertz CT molecular complexity index is 971. The summed E-state index contributed by atoms with van der Waals surface area (Å²) in [6, 6.07) is 7.09. The van der Waals surface area contributed by atoms with E-state index in [1.54, 1.807) is 43.4 Å². The van der Waals surface area contributed by atoms with Gasteiger partial charge in [-0.15, -0.1) is 0 Å². The van der Waals surface area contributed by atoms with Crippen molar-refractivity contribution in [3.63, 3.8) is 0 Å². The smallest absolute Gasteiger partial charge is 0.231 e. The van der Waals surface area contributed by atoms with Crippen LogP contribution in [-0.4, -0.2) is 57.9 Å². The van der Waals surface area contributed by atoms with Crippen molar-refractivity contribution < 1.29 is 14.3 Å². The highest BCUT2D eigenvalue weighted by molar-refractivity contribution is 5.94. The number of nitrogens with one attached hydrogen (secondary N) is 1. The summed E-state index contributed by atoms with van der Waals surface area (Å²) in [6.45, 7) is 1.15. The van der Waals surface area contributed by atoms with Crippen LogP contribution >= 0.6 is 0 Å². The number of hydrogen-bond acceptors (Lipinski definition) is 8. The largest absolute Gasteiger partial charge is 0.493 e. The summed E-state index contributed by atoms with van der Waals surface area (Å²) in [5, 5.41) is 6.98. The van der Waals surface area contributed by atoms with Crippen LogP contribution in [0.15, 0.2) is 43.2 Å². The first-order valence-electron chi connectivity index (χ1n) is 8.63. The first-order chi connectivity index (χ1) is 13.7. The van der Waals surface area contributed by atoms with E-state index in [0.717, 1.165) is 5.82 Å². The molecule has 0 bridgehead atoms. The maximum Gasteiger partial charge on any atom is 0.231 e. The van der Waals surface area contributed by atoms with Gasteiger partial charge in [0.2, 0.25) is 5.91 Å². The molecule has 2 aromatic heterocycles. The third-order valence-electron chi connectivity index (χ3n) is 4.52. The SMILES string of the molecule is COc1ccc(NC(=O)C2CN(c3cc(-n4cncn4)ncn3)C2)cc1OC. The van der Waals surface area contributed by atoms with Crippen LogP contribution in [0.4, 0.5) is 11.5 Å². The second-order valence-corrected chi connectivity index (χ2v) is 6.24. The molecule has 1 fully saturated rings. The Morgan fingerprint density at radius 1 is 1.07 bits per heavy atom. The molecule has 1 amide bonds. The van der Waals surface area contributed by atoms with Crippen molar-refractivity contribution >= 4 is 17.4 Å². The van der Waals surface area contributed by atoms with Crippen LogP contribution in [0.1, 0.15) is 0 Å². The number of rotatable bonds is 6. The summed E-state index contributed by atoms with van der Waals surface area (Å²) in [6.07, 6.45) is 4.49. The molecule has 0 atom stereocenters. The second kappa shape index (κ2) is 7.51. The zero-order valence-electron chi connectivity index (χ0n) is 15.4. The average molecular weight is 381 g/mol. The van der Waals surface area contributed by atoms with E-state index in [4.69, 9.17) is 9.47 Å². The van der Waals surface area contributed by atoms with Gasteiger partial charge in [0.25, 0.3) is 0 Å². The maximum absolute atomic E-state index is 12.5. The van der Waals surface area contributed by atoms with Crippen LogP contribution in [0.25, 0.3) is 5.82 Å². The van der Waals surface area contributed by atoms with E-state index in [0.29, 0.717) is 36.1 Å². The summed E-state index contributed by atoms with van der Waals surface area (Å²) >= 11 is 0. The van der Waals surface area contributed by atoms with Crippen molar-refractivity contribution in [2.75, 3.05) is 37.5 Å². The standard InChI is InChI=1S/C18H19N7O3/c1-27-14-4-3-13(5-15(14)28-2)23-18(26)12-7-24(8-12)16-6-17(21-10-20-16)25-11-19-9-22-25/h3-6,9-12H,7-8H2,1-2H3,(H,23,26). The third-order valence-corrected chi connectivity index (χ3v) is 4.52. The number of hydrogen-bond donors (Lipinski definition) is 1. The first kappa shape index (κ1) is 17.7. The topological polar surface area (TPSA) is 107 Å². The van der Waals surface area contributed by atoms with Gasteiger partial charge < -0.3 is 19.7 Å². The Hall–Kier alpha value is -3.69. The van der Waals surface area contributed by atoms with Crippen LogP contribution in [-0.2, 0) is 4.79 Å². The quantitative estimate of drug-likeness (QED) is 0.678. The van der Waals surface area contributed by atoms with Crippen molar-refractivity contribution in [3.8, 4) is 17.3 Å². The molecule has 1 aliphatic rings. The minimum absolute atomic E-state index is 0.0472. The third kappa shape index (κ3) is 3.43. The number of benzene rings is 1. The van der Waals surface area contributed by atoms with Gasteiger partial charge in [-0.3, -0.25) is 4.79 Å². The predicted molar refractivity (Wildman–Crippen MR) is 101 cm³/mol. The van der Waals surface area contributed by atoms with E-state index in [2.05, 4.69) is 25.4 Å². The number of aromatic nitrogens is 5. The van der Waals surface area contributed by atoms with Crippen molar-refractivity contribution in [2.45, 2.75) is 0 Å². The number of anilines is 2. The Labute approximate surface area is 161 Å². The van der Waals surface area contributed by atoms with E-state index >= 15 is 0 Å². The molecule has 10 heteroatoms. The molecular formula is C18H19N7O3. The normalized spacial score (nSPS) is 13.7. The lowest BCUT2D eigenvalue weighted by atomic mass is 9.99. The summed E-state index contributed by atoms with van der Waals surface area (Å²) in [5.41, 5.74) is 0.664. The van der Waals surface area contributed by atoms with Crippen LogP contribution in [0.5, 0.6) is 11.5 Å². The van der Waals surface area contributed by atoms with Gasteiger partial charge >= 0.3 is 0 Å².